The molecular formula is C11H15N3. The molecule has 2 aromatic rings. The Balaban J connectivity index is 2.55. The first-order chi connectivity index (χ1) is 6.68. The first-order valence-corrected chi connectivity index (χ1v) is 4.74. The first kappa shape index (κ1) is 9.21. The highest BCUT2D eigenvalue weighted by molar-refractivity contribution is 5.81. The second-order valence-corrected chi connectivity index (χ2v) is 3.83. The molecule has 0 fully saturated rings. The van der Waals surface area contributed by atoms with Crippen molar-refractivity contribution in [2.75, 3.05) is 14.1 Å². The molecule has 74 valence electrons. The van der Waals surface area contributed by atoms with E-state index in [2.05, 4.69) is 42.3 Å². The first-order valence-electron chi connectivity index (χ1n) is 4.74. The van der Waals surface area contributed by atoms with Gasteiger partial charge in [-0.2, -0.15) is 5.10 Å². The number of rotatable bonds is 2. The summed E-state index contributed by atoms with van der Waals surface area (Å²) in [6.45, 7) is 0.890. The van der Waals surface area contributed by atoms with Gasteiger partial charge in [-0.1, -0.05) is 18.2 Å². The third kappa shape index (κ3) is 1.51. The van der Waals surface area contributed by atoms with Crippen LogP contribution in [0.25, 0.3) is 10.9 Å². The molecule has 1 aromatic carbocycles. The van der Waals surface area contributed by atoms with Crippen molar-refractivity contribution in [1.29, 1.82) is 0 Å². The van der Waals surface area contributed by atoms with E-state index in [9.17, 15) is 0 Å². The lowest BCUT2D eigenvalue weighted by molar-refractivity contribution is 0.396. The summed E-state index contributed by atoms with van der Waals surface area (Å²) >= 11 is 0. The number of aryl methyl sites for hydroxylation is 1. The smallest absolute Gasteiger partial charge is 0.0843 e. The summed E-state index contributed by atoms with van der Waals surface area (Å²) in [5, 5.41) is 5.76. The van der Waals surface area contributed by atoms with Gasteiger partial charge in [0.05, 0.1) is 11.2 Å². The van der Waals surface area contributed by atoms with E-state index in [4.69, 9.17) is 0 Å². The van der Waals surface area contributed by atoms with E-state index in [1.165, 1.54) is 10.9 Å². The van der Waals surface area contributed by atoms with Crippen molar-refractivity contribution < 1.29 is 0 Å². The van der Waals surface area contributed by atoms with E-state index in [0.29, 0.717) is 0 Å². The number of aromatic nitrogens is 2. The SMILES string of the molecule is CN(C)Cc1nn(C)c2ccccc12. The van der Waals surface area contributed by atoms with Crippen LogP contribution in [0.5, 0.6) is 0 Å². The fourth-order valence-corrected chi connectivity index (χ4v) is 1.70. The minimum Gasteiger partial charge on any atom is -0.303 e. The third-order valence-electron chi connectivity index (χ3n) is 2.30. The predicted molar refractivity (Wildman–Crippen MR) is 58.1 cm³/mol. The minimum atomic E-state index is 0.890. The average Bonchev–Trinajstić information content (AvgIpc) is 2.44. The fourth-order valence-electron chi connectivity index (χ4n) is 1.70. The molecule has 0 spiro atoms. The van der Waals surface area contributed by atoms with Crippen molar-refractivity contribution in [3.05, 3.63) is 30.0 Å². The van der Waals surface area contributed by atoms with Gasteiger partial charge in [-0.3, -0.25) is 4.68 Å². The molecule has 3 heteroatoms. The second kappa shape index (κ2) is 3.42. The van der Waals surface area contributed by atoms with Crippen molar-refractivity contribution in [3.63, 3.8) is 0 Å². The zero-order chi connectivity index (χ0) is 10.1. The Morgan fingerprint density at radius 2 is 2.00 bits per heavy atom. The molecule has 1 aromatic heterocycles. The standard InChI is InChI=1S/C11H15N3/c1-13(2)8-10-9-6-4-5-7-11(9)14(3)12-10/h4-7H,8H2,1-3H3. The van der Waals surface area contributed by atoms with E-state index in [1.54, 1.807) is 0 Å². The summed E-state index contributed by atoms with van der Waals surface area (Å²) in [5.74, 6) is 0. The summed E-state index contributed by atoms with van der Waals surface area (Å²) in [4.78, 5) is 2.13. The molecule has 0 saturated heterocycles. The Bertz CT molecular complexity index is 443. The van der Waals surface area contributed by atoms with Gasteiger partial charge in [0.2, 0.25) is 0 Å². The van der Waals surface area contributed by atoms with Crippen LogP contribution in [0.1, 0.15) is 5.69 Å². The molecule has 1 heterocycles. The topological polar surface area (TPSA) is 21.1 Å². The van der Waals surface area contributed by atoms with E-state index >= 15 is 0 Å². The number of para-hydroxylation sites is 1. The molecule has 0 unspecified atom stereocenters. The third-order valence-corrected chi connectivity index (χ3v) is 2.30. The summed E-state index contributed by atoms with van der Waals surface area (Å²) in [6, 6.07) is 8.33. The van der Waals surface area contributed by atoms with Crippen LogP contribution in [0.2, 0.25) is 0 Å². The van der Waals surface area contributed by atoms with E-state index in [-0.39, 0.29) is 0 Å². The molecule has 14 heavy (non-hydrogen) atoms. The summed E-state index contributed by atoms with van der Waals surface area (Å²) < 4.78 is 1.94. The molecule has 2 rings (SSSR count). The van der Waals surface area contributed by atoms with E-state index in [1.807, 2.05) is 17.8 Å². The van der Waals surface area contributed by atoms with Crippen LogP contribution < -0.4 is 0 Å². The molecule has 0 aliphatic carbocycles. The van der Waals surface area contributed by atoms with Crippen LogP contribution in [0.3, 0.4) is 0 Å². The Labute approximate surface area is 83.9 Å². The predicted octanol–water partition coefficient (Wildman–Crippen LogP) is 1.63. The van der Waals surface area contributed by atoms with Gasteiger partial charge < -0.3 is 4.90 Å². The maximum atomic E-state index is 4.50. The monoisotopic (exact) mass is 189 g/mol. The van der Waals surface area contributed by atoms with Gasteiger partial charge in [-0.05, 0) is 20.2 Å². The van der Waals surface area contributed by atoms with Crippen molar-refractivity contribution >= 4 is 10.9 Å². The normalized spacial score (nSPS) is 11.4. The fraction of sp³-hybridized carbons (Fsp3) is 0.364. The van der Waals surface area contributed by atoms with Gasteiger partial charge in [0.25, 0.3) is 0 Å². The van der Waals surface area contributed by atoms with Crippen LogP contribution in [-0.4, -0.2) is 28.8 Å². The Morgan fingerprint density at radius 1 is 1.29 bits per heavy atom. The second-order valence-electron chi connectivity index (χ2n) is 3.83. The molecule has 0 atom stereocenters. The quantitative estimate of drug-likeness (QED) is 0.716. The minimum absolute atomic E-state index is 0.890. The highest BCUT2D eigenvalue weighted by atomic mass is 15.3. The lowest BCUT2D eigenvalue weighted by Gasteiger charge is -2.06. The van der Waals surface area contributed by atoms with Gasteiger partial charge in [0.1, 0.15) is 0 Å². The van der Waals surface area contributed by atoms with E-state index in [0.717, 1.165) is 12.2 Å². The van der Waals surface area contributed by atoms with Gasteiger partial charge in [0, 0.05) is 19.0 Å². The highest BCUT2D eigenvalue weighted by Crippen LogP contribution is 2.17. The van der Waals surface area contributed by atoms with Crippen LogP contribution in [0.15, 0.2) is 24.3 Å². The Kier molecular flexibility index (Phi) is 2.25. The molecule has 0 aliphatic rings. The molecule has 0 N–H and O–H groups in total. The molecule has 0 saturated carbocycles. The molecule has 0 amide bonds. The number of fused-ring (bicyclic) bond motifs is 1. The lowest BCUT2D eigenvalue weighted by Crippen LogP contribution is -2.11. The zero-order valence-electron chi connectivity index (χ0n) is 8.86. The van der Waals surface area contributed by atoms with Crippen molar-refractivity contribution in [2.45, 2.75) is 6.54 Å². The van der Waals surface area contributed by atoms with Gasteiger partial charge in [0.15, 0.2) is 0 Å². The summed E-state index contributed by atoms with van der Waals surface area (Å²) in [7, 11) is 6.11. The van der Waals surface area contributed by atoms with Gasteiger partial charge >= 0.3 is 0 Å². The summed E-state index contributed by atoms with van der Waals surface area (Å²) in [5.41, 5.74) is 2.34. The number of hydrogen-bond acceptors (Lipinski definition) is 2. The molecule has 3 nitrogen and oxygen atoms in total. The lowest BCUT2D eigenvalue weighted by atomic mass is 10.2. The molecule has 0 bridgehead atoms. The molecular weight excluding hydrogens is 174 g/mol. The number of benzene rings is 1. The number of hydrogen-bond donors (Lipinski definition) is 0. The van der Waals surface area contributed by atoms with Crippen LogP contribution in [-0.2, 0) is 13.6 Å². The van der Waals surface area contributed by atoms with E-state index < -0.39 is 0 Å². The largest absolute Gasteiger partial charge is 0.303 e. The highest BCUT2D eigenvalue weighted by Gasteiger charge is 2.07. The van der Waals surface area contributed by atoms with Crippen LogP contribution in [0, 0.1) is 0 Å². The van der Waals surface area contributed by atoms with Crippen LogP contribution >= 0.6 is 0 Å². The Morgan fingerprint density at radius 3 is 2.71 bits per heavy atom. The molecule has 0 radical (unpaired) electrons. The zero-order valence-corrected chi connectivity index (χ0v) is 8.86. The summed E-state index contributed by atoms with van der Waals surface area (Å²) in [6.07, 6.45) is 0. The van der Waals surface area contributed by atoms with Crippen LogP contribution in [0.4, 0.5) is 0 Å². The van der Waals surface area contributed by atoms with Gasteiger partial charge in [-0.25, -0.2) is 0 Å². The van der Waals surface area contributed by atoms with Crippen molar-refractivity contribution in [2.24, 2.45) is 7.05 Å². The Hall–Kier alpha value is -1.35. The molecule has 0 aliphatic heterocycles. The maximum absolute atomic E-state index is 4.50. The van der Waals surface area contributed by atoms with Crippen molar-refractivity contribution in [3.8, 4) is 0 Å². The maximum Gasteiger partial charge on any atom is 0.0843 e. The van der Waals surface area contributed by atoms with Gasteiger partial charge in [-0.15, -0.1) is 0 Å². The average molecular weight is 189 g/mol. The van der Waals surface area contributed by atoms with Crippen molar-refractivity contribution in [1.82, 2.24) is 14.7 Å². The number of nitrogens with zero attached hydrogens (tertiary/aromatic N) is 3.